The third-order valence-corrected chi connectivity index (χ3v) is 6.63. The van der Waals surface area contributed by atoms with E-state index in [9.17, 15) is 4.79 Å². The van der Waals surface area contributed by atoms with Crippen molar-refractivity contribution in [3.63, 3.8) is 0 Å². The van der Waals surface area contributed by atoms with Crippen LogP contribution in [0.2, 0.25) is 0 Å². The Hall–Kier alpha value is -3.68. The van der Waals surface area contributed by atoms with Crippen LogP contribution in [0, 0.1) is 6.92 Å². The number of carbonyl (C=O) groups excluding carboxylic acids is 1. The van der Waals surface area contributed by atoms with Crippen LogP contribution in [-0.2, 0) is 9.53 Å². The molecule has 0 radical (unpaired) electrons. The highest BCUT2D eigenvalue weighted by molar-refractivity contribution is 6.15. The molecule has 0 bridgehead atoms. The maximum Gasteiger partial charge on any atom is 0.302 e. The number of fused-ring (bicyclic) bond motifs is 3. The minimum absolute atomic E-state index is 0.103. The van der Waals surface area contributed by atoms with Gasteiger partial charge in [-0.25, -0.2) is 0 Å². The summed E-state index contributed by atoms with van der Waals surface area (Å²) in [6, 6.07) is 12.2. The Morgan fingerprint density at radius 1 is 1.11 bits per heavy atom. The summed E-state index contributed by atoms with van der Waals surface area (Å²) in [7, 11) is 1.64. The zero-order valence-electron chi connectivity index (χ0n) is 20.4. The average Bonchev–Trinajstić information content (AvgIpc) is 3.29. The van der Waals surface area contributed by atoms with Crippen molar-refractivity contribution in [3.8, 4) is 22.9 Å². The molecule has 3 aromatic rings. The smallest absolute Gasteiger partial charge is 0.302 e. The summed E-state index contributed by atoms with van der Waals surface area (Å²) >= 11 is 0. The Kier molecular flexibility index (Phi) is 6.28. The minimum Gasteiger partial charge on any atom is -0.493 e. The molecule has 0 saturated heterocycles. The second kappa shape index (κ2) is 9.52. The molecule has 2 aliphatic rings. The predicted octanol–water partition coefficient (Wildman–Crippen LogP) is 4.87. The van der Waals surface area contributed by atoms with Crippen LogP contribution in [0.15, 0.2) is 45.9 Å². The number of aliphatic imine (C=N–C) groups is 1. The van der Waals surface area contributed by atoms with Crippen molar-refractivity contribution in [2.24, 2.45) is 4.99 Å². The summed E-state index contributed by atoms with van der Waals surface area (Å²) in [5.74, 6) is 2.37. The van der Waals surface area contributed by atoms with Crippen molar-refractivity contribution in [1.29, 1.82) is 0 Å². The highest BCUT2D eigenvalue weighted by Crippen LogP contribution is 2.45. The third kappa shape index (κ3) is 4.52. The largest absolute Gasteiger partial charge is 0.493 e. The standard InChI is InChI=1S/C27H29N3O5/c1-5-33-25-13-20-21-12-19(34-16(3)31)10-11-23(21)29-26(22(20)14-24(25)32-4)17-6-8-18(9-7-17)27-28-15(2)35-30-27/h6-9,13-14,19,21,23H,5,10-12H2,1-4H3. The van der Waals surface area contributed by atoms with E-state index >= 15 is 0 Å². The molecule has 1 fully saturated rings. The van der Waals surface area contributed by atoms with E-state index in [2.05, 4.69) is 16.2 Å². The molecule has 182 valence electrons. The van der Waals surface area contributed by atoms with E-state index in [1.807, 2.05) is 37.3 Å². The van der Waals surface area contributed by atoms with Gasteiger partial charge in [0.1, 0.15) is 6.10 Å². The highest BCUT2D eigenvalue weighted by atomic mass is 16.5. The van der Waals surface area contributed by atoms with Gasteiger partial charge < -0.3 is 18.7 Å². The number of carbonyl (C=O) groups is 1. The van der Waals surface area contributed by atoms with Crippen LogP contribution in [0.5, 0.6) is 11.5 Å². The van der Waals surface area contributed by atoms with E-state index in [1.54, 1.807) is 14.0 Å². The van der Waals surface area contributed by atoms with Crippen molar-refractivity contribution in [2.75, 3.05) is 13.7 Å². The molecule has 0 N–H and O–H groups in total. The van der Waals surface area contributed by atoms with Gasteiger partial charge in [-0.15, -0.1) is 0 Å². The van der Waals surface area contributed by atoms with Gasteiger partial charge in [-0.05, 0) is 43.9 Å². The van der Waals surface area contributed by atoms with Crippen LogP contribution in [-0.4, -0.2) is 47.7 Å². The number of esters is 1. The molecular formula is C27H29N3O5. The first-order valence-electron chi connectivity index (χ1n) is 12.0. The van der Waals surface area contributed by atoms with Gasteiger partial charge >= 0.3 is 5.97 Å². The maximum absolute atomic E-state index is 11.6. The fourth-order valence-corrected chi connectivity index (χ4v) is 5.12. The molecule has 1 aliphatic heterocycles. The van der Waals surface area contributed by atoms with E-state index < -0.39 is 0 Å². The number of ether oxygens (including phenoxy) is 3. The van der Waals surface area contributed by atoms with E-state index in [-0.39, 0.29) is 24.0 Å². The monoisotopic (exact) mass is 475 g/mol. The van der Waals surface area contributed by atoms with Crippen molar-refractivity contribution < 1.29 is 23.5 Å². The topological polar surface area (TPSA) is 96.0 Å². The average molecular weight is 476 g/mol. The second-order valence-corrected chi connectivity index (χ2v) is 8.93. The molecule has 8 nitrogen and oxygen atoms in total. The van der Waals surface area contributed by atoms with Crippen molar-refractivity contribution in [2.45, 2.75) is 58.1 Å². The molecule has 1 aliphatic carbocycles. The van der Waals surface area contributed by atoms with Crippen molar-refractivity contribution in [1.82, 2.24) is 10.1 Å². The predicted molar refractivity (Wildman–Crippen MR) is 130 cm³/mol. The Morgan fingerprint density at radius 3 is 2.54 bits per heavy atom. The Bertz CT molecular complexity index is 1260. The van der Waals surface area contributed by atoms with Crippen LogP contribution in [0.4, 0.5) is 0 Å². The normalized spacial score (nSPS) is 20.9. The fourth-order valence-electron chi connectivity index (χ4n) is 5.12. The van der Waals surface area contributed by atoms with E-state index in [0.717, 1.165) is 47.2 Å². The van der Waals surface area contributed by atoms with Crippen LogP contribution in [0.1, 0.15) is 61.6 Å². The second-order valence-electron chi connectivity index (χ2n) is 8.93. The maximum atomic E-state index is 11.6. The summed E-state index contributed by atoms with van der Waals surface area (Å²) in [5, 5.41) is 4.01. The number of aromatic nitrogens is 2. The minimum atomic E-state index is -0.240. The number of nitrogens with zero attached hydrogens (tertiary/aromatic N) is 3. The van der Waals surface area contributed by atoms with E-state index in [1.165, 1.54) is 6.92 Å². The Balaban J connectivity index is 1.56. The lowest BCUT2D eigenvalue weighted by atomic mass is 9.74. The zero-order chi connectivity index (χ0) is 24.5. The molecule has 2 aromatic carbocycles. The van der Waals surface area contributed by atoms with Gasteiger partial charge in [0.05, 0.1) is 25.5 Å². The summed E-state index contributed by atoms with van der Waals surface area (Å²) in [6.45, 7) is 5.74. The molecule has 3 unspecified atom stereocenters. The number of hydrogen-bond donors (Lipinski definition) is 0. The number of benzene rings is 2. The van der Waals surface area contributed by atoms with Crippen LogP contribution in [0.25, 0.3) is 11.4 Å². The molecule has 1 saturated carbocycles. The molecule has 5 rings (SSSR count). The number of methoxy groups -OCH3 is 1. The van der Waals surface area contributed by atoms with Gasteiger partial charge in [0.25, 0.3) is 0 Å². The van der Waals surface area contributed by atoms with Gasteiger partial charge in [0.15, 0.2) is 11.5 Å². The Labute approximate surface area is 204 Å². The van der Waals surface area contributed by atoms with Crippen LogP contribution < -0.4 is 9.47 Å². The van der Waals surface area contributed by atoms with Gasteiger partial charge in [-0.3, -0.25) is 9.79 Å². The first-order valence-corrected chi connectivity index (χ1v) is 12.0. The lowest BCUT2D eigenvalue weighted by molar-refractivity contribution is -0.148. The first-order chi connectivity index (χ1) is 17.0. The summed E-state index contributed by atoms with van der Waals surface area (Å²) in [4.78, 5) is 21.1. The lowest BCUT2D eigenvalue weighted by Gasteiger charge is -2.38. The summed E-state index contributed by atoms with van der Waals surface area (Å²) in [5.41, 5.74) is 4.97. The molecule has 0 spiro atoms. The molecular weight excluding hydrogens is 446 g/mol. The molecule has 1 aromatic heterocycles. The van der Waals surface area contributed by atoms with Gasteiger partial charge in [0, 0.05) is 36.5 Å². The SMILES string of the molecule is CCOc1cc2c(cc1OC)C(c1ccc(-c3noc(C)n3)cc1)=NC1CCC(OC(C)=O)CC21. The van der Waals surface area contributed by atoms with Gasteiger partial charge in [0.2, 0.25) is 11.7 Å². The first kappa shape index (κ1) is 23.1. The lowest BCUT2D eigenvalue weighted by Crippen LogP contribution is -2.36. The quantitative estimate of drug-likeness (QED) is 0.469. The Morgan fingerprint density at radius 2 is 1.89 bits per heavy atom. The molecule has 0 amide bonds. The summed E-state index contributed by atoms with van der Waals surface area (Å²) < 4.78 is 22.3. The van der Waals surface area contributed by atoms with Crippen molar-refractivity contribution in [3.05, 3.63) is 59.0 Å². The van der Waals surface area contributed by atoms with E-state index in [0.29, 0.717) is 29.8 Å². The molecule has 8 heteroatoms. The molecule has 2 heterocycles. The number of aryl methyl sites for hydroxylation is 1. The van der Waals surface area contributed by atoms with Crippen molar-refractivity contribution >= 4 is 11.7 Å². The van der Waals surface area contributed by atoms with Crippen LogP contribution >= 0.6 is 0 Å². The van der Waals surface area contributed by atoms with Gasteiger partial charge in [-0.2, -0.15) is 4.98 Å². The fraction of sp³-hybridized carbons (Fsp3) is 0.407. The van der Waals surface area contributed by atoms with Crippen LogP contribution in [0.3, 0.4) is 0 Å². The van der Waals surface area contributed by atoms with Gasteiger partial charge in [-0.1, -0.05) is 29.4 Å². The molecule has 3 atom stereocenters. The summed E-state index contributed by atoms with van der Waals surface area (Å²) in [6.07, 6.45) is 2.29. The highest BCUT2D eigenvalue weighted by Gasteiger charge is 2.38. The molecule has 35 heavy (non-hydrogen) atoms. The third-order valence-electron chi connectivity index (χ3n) is 6.63. The zero-order valence-corrected chi connectivity index (χ0v) is 20.4. The number of rotatable bonds is 6. The van der Waals surface area contributed by atoms with E-state index in [4.69, 9.17) is 23.7 Å². The number of hydrogen-bond acceptors (Lipinski definition) is 8.